The van der Waals surface area contributed by atoms with E-state index in [2.05, 4.69) is 92.0 Å². The molecule has 0 spiro atoms. The van der Waals surface area contributed by atoms with Gasteiger partial charge >= 0.3 is 49.8 Å². The van der Waals surface area contributed by atoms with Crippen molar-refractivity contribution in [1.29, 1.82) is 0 Å². The van der Waals surface area contributed by atoms with Gasteiger partial charge in [-0.3, -0.25) is 11.4 Å². The van der Waals surface area contributed by atoms with Gasteiger partial charge in [-0.1, -0.05) is 77.8 Å². The number of hydrogen-bond acceptors (Lipinski definition) is 1. The molecule has 1 fully saturated rings. The summed E-state index contributed by atoms with van der Waals surface area (Å²) in [4.78, 5) is 9.72. The fraction of sp³-hybridized carbons (Fsp3) is 0.516. The third-order valence-corrected chi connectivity index (χ3v) is 16.1. The van der Waals surface area contributed by atoms with Crippen LogP contribution in [0.2, 0.25) is 36.3 Å². The van der Waals surface area contributed by atoms with Gasteiger partial charge in [0, 0.05) is 13.2 Å². The first-order chi connectivity index (χ1) is 16.7. The van der Waals surface area contributed by atoms with Crippen LogP contribution in [-0.2, 0) is 54.5 Å². The molecule has 38 heavy (non-hydrogen) atoms. The molecule has 3 aromatic rings. The molecule has 1 aliphatic rings. The Hall–Kier alpha value is -0.333. The van der Waals surface area contributed by atoms with Gasteiger partial charge in [-0.25, -0.2) is 36.4 Å². The van der Waals surface area contributed by atoms with E-state index in [0.717, 1.165) is 24.6 Å². The van der Waals surface area contributed by atoms with Crippen LogP contribution in [-0.4, -0.2) is 29.7 Å². The first kappa shape index (κ1) is 39.8. The van der Waals surface area contributed by atoms with E-state index in [1.807, 2.05) is 54.6 Å². The van der Waals surface area contributed by atoms with Crippen molar-refractivity contribution >= 4 is 27.8 Å². The number of nitrogens with zero attached hydrogens (tertiary/aromatic N) is 2. The van der Waals surface area contributed by atoms with Crippen LogP contribution < -0.4 is 0 Å². The van der Waals surface area contributed by atoms with Gasteiger partial charge in [-0.05, 0) is 29.3 Å². The predicted octanol–water partition coefficient (Wildman–Crippen LogP) is 11.0. The predicted molar refractivity (Wildman–Crippen MR) is 167 cm³/mol. The zero-order chi connectivity index (χ0) is 27.3. The molecule has 0 saturated carbocycles. The van der Waals surface area contributed by atoms with Crippen LogP contribution in [0.1, 0.15) is 54.4 Å². The van der Waals surface area contributed by atoms with E-state index < -0.39 is 16.5 Å². The summed E-state index contributed by atoms with van der Waals surface area (Å²) in [7, 11) is -2.97. The van der Waals surface area contributed by atoms with Crippen LogP contribution >= 0.6 is 0 Å². The van der Waals surface area contributed by atoms with Gasteiger partial charge in [0.2, 0.25) is 0 Å². The van der Waals surface area contributed by atoms with Crippen LogP contribution in [0.4, 0.5) is 11.4 Å². The van der Waals surface area contributed by atoms with Gasteiger partial charge in [0.05, 0.1) is 0 Å². The number of rotatable bonds is 4. The Bertz CT molecular complexity index is 808. The van der Waals surface area contributed by atoms with Gasteiger partial charge in [0.1, 0.15) is 0 Å². The molecule has 7 heteroatoms. The van der Waals surface area contributed by atoms with Crippen LogP contribution in [0.5, 0.6) is 0 Å². The topological polar surface area (TPSA) is 37.4 Å². The fourth-order valence-electron chi connectivity index (χ4n) is 2.69. The summed E-state index contributed by atoms with van der Waals surface area (Å²) >= 11 is 0. The average Bonchev–Trinajstić information content (AvgIpc) is 3.58. The summed E-state index contributed by atoms with van der Waals surface area (Å²) in [6.07, 6.45) is 2.56. The van der Waals surface area contributed by atoms with Crippen molar-refractivity contribution in [2.45, 2.75) is 90.6 Å². The molecule has 1 heterocycles. The van der Waals surface area contributed by atoms with Crippen LogP contribution in [0.15, 0.2) is 78.9 Å². The molecule has 4 rings (SSSR count). The molecule has 210 valence electrons. The molecule has 1 saturated heterocycles. The zero-order valence-corrected chi connectivity index (χ0v) is 31.5. The summed E-state index contributed by atoms with van der Waals surface area (Å²) in [6, 6.07) is 26.5. The molecular weight excluding hydrogens is 617 g/mol. The molecule has 0 N–H and O–H groups in total. The molecule has 3 nitrogen and oxygen atoms in total. The van der Waals surface area contributed by atoms with Crippen molar-refractivity contribution in [3.8, 4) is 0 Å². The summed E-state index contributed by atoms with van der Waals surface area (Å²) in [5.74, 6) is 0. The normalized spacial score (nSPS) is 13.1. The van der Waals surface area contributed by atoms with E-state index in [1.54, 1.807) is 0 Å². The zero-order valence-electron chi connectivity index (χ0n) is 25.6. The molecule has 0 unspecified atom stereocenters. The Kier molecular flexibility index (Phi) is 19.8. The Balaban J connectivity index is 0. The maximum Gasteiger partial charge on any atom is 3.00 e. The second-order valence-electron chi connectivity index (χ2n) is 12.4. The van der Waals surface area contributed by atoms with Crippen molar-refractivity contribution < 1.29 is 54.5 Å². The smallest absolute Gasteiger partial charge is 0.708 e. The fourth-order valence-corrected chi connectivity index (χ4v) is 4.95. The van der Waals surface area contributed by atoms with Crippen LogP contribution in [0.3, 0.4) is 0 Å². The minimum atomic E-state index is -1.48. The van der Waals surface area contributed by atoms with E-state index in [-0.39, 0.29) is 49.8 Å². The van der Waals surface area contributed by atoms with E-state index in [4.69, 9.17) is 14.7 Å². The summed E-state index contributed by atoms with van der Waals surface area (Å²) in [5.41, 5.74) is 2.29. The first-order valence-electron chi connectivity index (χ1n) is 13.3. The molecule has 0 aromatic heterocycles. The Morgan fingerprint density at radius 1 is 0.658 bits per heavy atom. The maximum atomic E-state index is 4.94. The molecule has 0 atom stereocenters. The Labute approximate surface area is 272 Å². The minimum absolute atomic E-state index is 0. The summed E-state index contributed by atoms with van der Waals surface area (Å²) in [6.45, 7) is 25.0. The van der Waals surface area contributed by atoms with E-state index in [1.165, 1.54) is 12.8 Å². The molecule has 0 aliphatic carbocycles. The second kappa shape index (κ2) is 18.9. The van der Waals surface area contributed by atoms with Crippen molar-refractivity contribution in [3.63, 3.8) is 0 Å². The third-order valence-electron chi connectivity index (χ3n) is 7.16. The maximum absolute atomic E-state index is 4.94. The van der Waals surface area contributed by atoms with Gasteiger partial charge in [-0.2, -0.15) is 42.5 Å². The Morgan fingerprint density at radius 2 is 1.03 bits per heavy atom. The molecule has 0 radical (unpaired) electrons. The van der Waals surface area contributed by atoms with E-state index in [0.29, 0.717) is 10.1 Å². The van der Waals surface area contributed by atoms with Gasteiger partial charge < -0.3 is 14.7 Å². The van der Waals surface area contributed by atoms with Gasteiger partial charge in [0.25, 0.3) is 0 Å². The average molecular weight is 669 g/mol. The van der Waals surface area contributed by atoms with Crippen molar-refractivity contribution in [2.24, 2.45) is 0 Å². The van der Waals surface area contributed by atoms with Crippen LogP contribution in [0, 0.1) is 0 Å². The number of hydrogen-bond donors (Lipinski definition) is 0. The molecule has 3 aromatic carbocycles. The molecule has 0 amide bonds. The van der Waals surface area contributed by atoms with E-state index >= 15 is 0 Å². The monoisotopic (exact) mass is 668 g/mol. The molecule has 0 bridgehead atoms. The summed E-state index contributed by atoms with van der Waals surface area (Å²) in [5, 5.41) is 0.675. The van der Waals surface area contributed by atoms with E-state index in [9.17, 15) is 0 Å². The van der Waals surface area contributed by atoms with Gasteiger partial charge in [0.15, 0.2) is 0 Å². The minimum Gasteiger partial charge on any atom is -0.708 e. The molecular formula is C31H51FeN2OSi2Y. The Morgan fingerprint density at radius 3 is 1.21 bits per heavy atom. The third kappa shape index (κ3) is 16.1. The molecule has 1 aliphatic heterocycles. The van der Waals surface area contributed by atoms with Crippen LogP contribution in [0.25, 0.3) is 9.96 Å². The second-order valence-corrected chi connectivity index (χ2v) is 22.1. The number of ether oxygens (including phenoxy) is 1. The van der Waals surface area contributed by atoms with Crippen molar-refractivity contribution in [3.05, 3.63) is 88.8 Å². The first-order valence-corrected chi connectivity index (χ1v) is 19.2. The van der Waals surface area contributed by atoms with Crippen molar-refractivity contribution in [2.75, 3.05) is 13.2 Å². The SMILES string of the molecule is C1CCOC1.CC(C)(C)[Si](C)(C)[N-]c1ccc[cH-]1.CC(C)(C)[Si](C)(C)[N-]c1ccc[cH-]1.[Fe+2].[Y+3].c1cc[cH-]c1. The summed E-state index contributed by atoms with van der Waals surface area (Å²) < 4.78 is 4.94. The largest absolute Gasteiger partial charge is 3.00 e. The van der Waals surface area contributed by atoms with Crippen molar-refractivity contribution in [1.82, 2.24) is 0 Å². The quantitative estimate of drug-likeness (QED) is 0.201. The standard InChI is InChI=1S/2C11H19NSi.C5H5.C4H8O.Fe.Y/c2*1-11(2,3)13(4,5)12-10-8-6-7-9-10;2*1-2-4-5-3-1;;/h2*6-9H,1-5H3;1-5H;1-4H2;;/q2*-2;-1;;+2;+3. The van der Waals surface area contributed by atoms with Gasteiger partial charge in [-0.15, -0.1) is 0 Å².